The maximum absolute atomic E-state index is 3.74. The van der Waals surface area contributed by atoms with E-state index in [1.807, 2.05) is 20.8 Å². The molecule has 22 heavy (non-hydrogen) atoms. The van der Waals surface area contributed by atoms with Crippen LogP contribution >= 0.6 is 0 Å². The summed E-state index contributed by atoms with van der Waals surface area (Å²) < 4.78 is 0. The fourth-order valence-electron chi connectivity index (χ4n) is 1.13. The molecule has 0 radical (unpaired) electrons. The molecule has 1 aromatic rings. The van der Waals surface area contributed by atoms with Gasteiger partial charge in [0.2, 0.25) is 0 Å². The minimum absolute atomic E-state index is 0. The minimum Gasteiger partial charge on any atom is -0.665 e. The minimum atomic E-state index is 0. The molecule has 0 aliphatic rings. The zero-order chi connectivity index (χ0) is 17.3. The Morgan fingerprint density at radius 1 is 0.818 bits per heavy atom. The summed E-state index contributed by atoms with van der Waals surface area (Å²) in [5.74, 6) is 0. The van der Waals surface area contributed by atoms with E-state index in [1.54, 1.807) is 21.1 Å². The van der Waals surface area contributed by atoms with E-state index in [-0.39, 0.29) is 26.2 Å². The van der Waals surface area contributed by atoms with E-state index in [0.717, 1.165) is 19.6 Å². The zero-order valence-corrected chi connectivity index (χ0v) is 19.0. The van der Waals surface area contributed by atoms with Crippen molar-refractivity contribution in [3.05, 3.63) is 44.3 Å². The summed E-state index contributed by atoms with van der Waals surface area (Å²) in [4.78, 5) is 0. The van der Waals surface area contributed by atoms with Crippen LogP contribution in [0.2, 0.25) is 0 Å². The maximum atomic E-state index is 3.74. The molecular formula is C18H37N3Zr. The second kappa shape index (κ2) is 23.4. The molecule has 0 aliphatic carbocycles. The summed E-state index contributed by atoms with van der Waals surface area (Å²) >= 11 is 0. The first-order valence-electron chi connectivity index (χ1n) is 7.74. The first-order valence-corrected chi connectivity index (χ1v) is 7.74. The fraction of sp³-hybridized carbons (Fsp3) is 0.722. The molecule has 3 nitrogen and oxygen atoms in total. The van der Waals surface area contributed by atoms with Gasteiger partial charge in [-0.15, -0.1) is 0 Å². The summed E-state index contributed by atoms with van der Waals surface area (Å²) in [5, 5.41) is 11.2. The molecule has 0 aliphatic heterocycles. The number of hydrogen-bond donors (Lipinski definition) is 0. The van der Waals surface area contributed by atoms with Crippen LogP contribution in [0.15, 0.2) is 6.07 Å². The average molecular weight is 387 g/mol. The van der Waals surface area contributed by atoms with Crippen molar-refractivity contribution in [3.8, 4) is 0 Å². The smallest absolute Gasteiger partial charge is 0.665 e. The van der Waals surface area contributed by atoms with Crippen LogP contribution in [-0.4, -0.2) is 40.8 Å². The molecule has 1 aromatic carbocycles. The Bertz CT molecular complexity index is 272. The topological polar surface area (TPSA) is 42.3 Å². The van der Waals surface area contributed by atoms with Crippen LogP contribution in [0.4, 0.5) is 0 Å². The van der Waals surface area contributed by atoms with Crippen molar-refractivity contribution in [1.82, 2.24) is 0 Å². The van der Waals surface area contributed by atoms with Gasteiger partial charge in [0.25, 0.3) is 0 Å². The predicted molar refractivity (Wildman–Crippen MR) is 100 cm³/mol. The van der Waals surface area contributed by atoms with Crippen molar-refractivity contribution in [2.24, 2.45) is 0 Å². The maximum Gasteiger partial charge on any atom is 4.00 e. The van der Waals surface area contributed by atoms with Crippen molar-refractivity contribution in [1.29, 1.82) is 0 Å². The van der Waals surface area contributed by atoms with Crippen LogP contribution in [0, 0.1) is 27.7 Å². The molecule has 0 spiro atoms. The van der Waals surface area contributed by atoms with Gasteiger partial charge >= 0.3 is 26.2 Å². The molecule has 0 amide bonds. The van der Waals surface area contributed by atoms with Crippen molar-refractivity contribution in [2.45, 2.75) is 48.5 Å². The second-order valence-electron chi connectivity index (χ2n) is 4.66. The normalized spacial score (nSPS) is 8.27. The van der Waals surface area contributed by atoms with Gasteiger partial charge in [-0.1, -0.05) is 48.5 Å². The van der Waals surface area contributed by atoms with Gasteiger partial charge < -0.3 is 16.0 Å². The Morgan fingerprint density at radius 2 is 1.09 bits per heavy atom. The number of aryl methyl sites for hydroxylation is 2. The van der Waals surface area contributed by atoms with E-state index in [1.165, 1.54) is 22.3 Å². The van der Waals surface area contributed by atoms with E-state index in [0.29, 0.717) is 0 Å². The Hall–Kier alpha value is 0.113. The van der Waals surface area contributed by atoms with Crippen LogP contribution in [0.1, 0.15) is 43.0 Å². The van der Waals surface area contributed by atoms with Crippen LogP contribution < -0.4 is 0 Å². The average Bonchev–Trinajstić information content (AvgIpc) is 2.74. The SMILES string of the molecule is CC[N-]C.CC[N-]C.CC[N-]C.Cc1c[c-](C)c(C)c1C.[Zr+4]. The van der Waals surface area contributed by atoms with Crippen molar-refractivity contribution in [2.75, 3.05) is 40.8 Å². The largest absolute Gasteiger partial charge is 4.00 e. The molecule has 0 saturated carbocycles. The standard InChI is InChI=1S/C9H13.3C3H8N.Zr/c1-6-5-7(2)9(4)8(6)3;3*1-3-4-2;/h5H,1-4H3;3*3H2,1-2H3;/q4*-1;+4. The number of hydrogen-bond acceptors (Lipinski definition) is 0. The molecule has 1 rings (SSSR count). The Kier molecular flexibility index (Phi) is 31.9. The van der Waals surface area contributed by atoms with Gasteiger partial charge in [0.1, 0.15) is 0 Å². The van der Waals surface area contributed by atoms with Gasteiger partial charge in [-0.05, 0) is 0 Å². The van der Waals surface area contributed by atoms with E-state index in [2.05, 4.69) is 49.7 Å². The van der Waals surface area contributed by atoms with Crippen LogP contribution in [0.5, 0.6) is 0 Å². The van der Waals surface area contributed by atoms with E-state index >= 15 is 0 Å². The van der Waals surface area contributed by atoms with Gasteiger partial charge in [-0.2, -0.15) is 69.1 Å². The quantitative estimate of drug-likeness (QED) is 0.601. The fourth-order valence-corrected chi connectivity index (χ4v) is 1.13. The summed E-state index contributed by atoms with van der Waals surface area (Å²) in [7, 11) is 5.42. The van der Waals surface area contributed by atoms with Gasteiger partial charge in [-0.3, -0.25) is 0 Å². The molecule has 0 N–H and O–H groups in total. The van der Waals surface area contributed by atoms with Crippen LogP contribution in [0.25, 0.3) is 16.0 Å². The summed E-state index contributed by atoms with van der Waals surface area (Å²) in [6, 6.07) is 2.24. The number of nitrogens with zero attached hydrogens (tertiary/aromatic N) is 3. The molecule has 0 saturated heterocycles. The molecule has 0 unspecified atom stereocenters. The third-order valence-corrected chi connectivity index (χ3v) is 3.13. The van der Waals surface area contributed by atoms with Crippen LogP contribution in [0.3, 0.4) is 0 Å². The van der Waals surface area contributed by atoms with E-state index in [9.17, 15) is 0 Å². The first-order chi connectivity index (χ1) is 9.87. The zero-order valence-electron chi connectivity index (χ0n) is 16.5. The van der Waals surface area contributed by atoms with Crippen molar-refractivity contribution < 1.29 is 26.2 Å². The molecule has 0 bridgehead atoms. The van der Waals surface area contributed by atoms with Crippen molar-refractivity contribution >= 4 is 0 Å². The van der Waals surface area contributed by atoms with Crippen molar-refractivity contribution in [3.63, 3.8) is 0 Å². The van der Waals surface area contributed by atoms with Gasteiger partial charge in [0.15, 0.2) is 0 Å². The van der Waals surface area contributed by atoms with E-state index < -0.39 is 0 Å². The van der Waals surface area contributed by atoms with Gasteiger partial charge in [0.05, 0.1) is 0 Å². The monoisotopic (exact) mass is 385 g/mol. The molecule has 0 aromatic heterocycles. The third-order valence-electron chi connectivity index (χ3n) is 3.13. The van der Waals surface area contributed by atoms with Crippen LogP contribution in [-0.2, 0) is 26.2 Å². The second-order valence-corrected chi connectivity index (χ2v) is 4.66. The van der Waals surface area contributed by atoms with Gasteiger partial charge in [-0.25, -0.2) is 0 Å². The summed E-state index contributed by atoms with van der Waals surface area (Å²) in [5.41, 5.74) is 5.75. The Morgan fingerprint density at radius 3 is 1.14 bits per heavy atom. The third kappa shape index (κ3) is 20.1. The predicted octanol–water partition coefficient (Wildman–Crippen LogP) is 5.67. The molecule has 0 atom stereocenters. The number of rotatable bonds is 3. The molecular weight excluding hydrogens is 349 g/mol. The molecule has 4 heteroatoms. The molecule has 0 fully saturated rings. The Labute approximate surface area is 159 Å². The first kappa shape index (κ1) is 30.0. The Balaban J connectivity index is -0.000000107. The molecule has 128 valence electrons. The summed E-state index contributed by atoms with van der Waals surface area (Å²) in [6.45, 7) is 17.6. The molecule has 0 heterocycles. The van der Waals surface area contributed by atoms with E-state index in [4.69, 9.17) is 0 Å². The van der Waals surface area contributed by atoms with Gasteiger partial charge in [0, 0.05) is 0 Å². The summed E-state index contributed by atoms with van der Waals surface area (Å²) in [6.07, 6.45) is 0.